The molecule has 0 spiro atoms. The van der Waals surface area contributed by atoms with E-state index in [9.17, 15) is 9.59 Å². The number of nitrogens with one attached hydrogen (secondary N) is 3. The molecular weight excluding hydrogens is 320 g/mol. The second-order valence-electron chi connectivity index (χ2n) is 5.67. The number of hydrogen-bond acceptors (Lipinski definition) is 5. The highest BCUT2D eigenvalue weighted by Gasteiger charge is 2.21. The van der Waals surface area contributed by atoms with E-state index < -0.39 is 6.10 Å². The fraction of sp³-hybridized carbons (Fsp3) is 0.278. The molecule has 25 heavy (non-hydrogen) atoms. The minimum atomic E-state index is -0.455. The molecule has 7 nitrogen and oxygen atoms in total. The van der Waals surface area contributed by atoms with Crippen molar-refractivity contribution in [1.29, 1.82) is 0 Å². The molecule has 1 aromatic heterocycles. The molecule has 0 saturated carbocycles. The number of amides is 2. The third-order valence-electron chi connectivity index (χ3n) is 3.81. The first-order chi connectivity index (χ1) is 12.2. The third kappa shape index (κ3) is 4.85. The highest BCUT2D eigenvalue weighted by molar-refractivity contribution is 6.04. The Balaban J connectivity index is 1.56. The minimum absolute atomic E-state index is 0.140. The van der Waals surface area contributed by atoms with Crippen LogP contribution in [0.25, 0.3) is 0 Å². The van der Waals surface area contributed by atoms with Gasteiger partial charge in [0.15, 0.2) is 0 Å². The maximum atomic E-state index is 12.2. The van der Waals surface area contributed by atoms with Crippen molar-refractivity contribution in [2.45, 2.75) is 12.6 Å². The van der Waals surface area contributed by atoms with E-state index in [0.29, 0.717) is 30.9 Å². The minimum Gasteiger partial charge on any atom is -0.366 e. The van der Waals surface area contributed by atoms with E-state index in [1.807, 2.05) is 18.2 Å². The smallest absolute Gasteiger partial charge is 0.255 e. The van der Waals surface area contributed by atoms with Crippen molar-refractivity contribution in [2.24, 2.45) is 0 Å². The topological polar surface area (TPSA) is 92.4 Å². The van der Waals surface area contributed by atoms with Gasteiger partial charge in [-0.2, -0.15) is 0 Å². The molecule has 0 radical (unpaired) electrons. The fourth-order valence-electron chi connectivity index (χ4n) is 2.50. The van der Waals surface area contributed by atoms with Crippen LogP contribution in [0.15, 0.2) is 48.8 Å². The van der Waals surface area contributed by atoms with Gasteiger partial charge in [-0.05, 0) is 29.8 Å². The van der Waals surface area contributed by atoms with Crippen LogP contribution >= 0.6 is 0 Å². The molecule has 1 aliphatic rings. The predicted octanol–water partition coefficient (Wildman–Crippen LogP) is 0.938. The summed E-state index contributed by atoms with van der Waals surface area (Å²) in [5, 5.41) is 8.81. The SMILES string of the molecule is O=C(Nc1cccc(CNC(=O)C2CNCCO2)c1)c1ccncc1. The molecule has 130 valence electrons. The molecule has 2 aromatic rings. The summed E-state index contributed by atoms with van der Waals surface area (Å²) < 4.78 is 5.42. The van der Waals surface area contributed by atoms with Crippen molar-refractivity contribution in [3.8, 4) is 0 Å². The van der Waals surface area contributed by atoms with Crippen LogP contribution in [0.5, 0.6) is 0 Å². The lowest BCUT2D eigenvalue weighted by atomic mass is 10.1. The summed E-state index contributed by atoms with van der Waals surface area (Å²) >= 11 is 0. The number of carbonyl (C=O) groups excluding carboxylic acids is 2. The number of aromatic nitrogens is 1. The number of rotatable bonds is 5. The molecule has 3 rings (SSSR count). The molecule has 2 amide bonds. The van der Waals surface area contributed by atoms with Gasteiger partial charge < -0.3 is 20.7 Å². The second-order valence-corrected chi connectivity index (χ2v) is 5.67. The van der Waals surface area contributed by atoms with Gasteiger partial charge in [-0.15, -0.1) is 0 Å². The summed E-state index contributed by atoms with van der Waals surface area (Å²) in [4.78, 5) is 28.1. The Morgan fingerprint density at radius 2 is 2.08 bits per heavy atom. The lowest BCUT2D eigenvalue weighted by Crippen LogP contribution is -2.47. The first kappa shape index (κ1) is 17.1. The van der Waals surface area contributed by atoms with E-state index in [0.717, 1.165) is 12.1 Å². The van der Waals surface area contributed by atoms with E-state index in [4.69, 9.17) is 4.74 Å². The quantitative estimate of drug-likeness (QED) is 0.753. The summed E-state index contributed by atoms with van der Waals surface area (Å²) in [6, 6.07) is 10.7. The number of benzene rings is 1. The molecule has 1 fully saturated rings. The maximum Gasteiger partial charge on any atom is 0.255 e. The largest absolute Gasteiger partial charge is 0.366 e. The highest BCUT2D eigenvalue weighted by atomic mass is 16.5. The second kappa shape index (κ2) is 8.36. The van der Waals surface area contributed by atoms with E-state index in [2.05, 4.69) is 20.9 Å². The Labute approximate surface area is 145 Å². The zero-order chi connectivity index (χ0) is 17.5. The van der Waals surface area contributed by atoms with Crippen LogP contribution in [-0.2, 0) is 16.1 Å². The van der Waals surface area contributed by atoms with Crippen LogP contribution < -0.4 is 16.0 Å². The van der Waals surface area contributed by atoms with Gasteiger partial charge in [-0.25, -0.2) is 0 Å². The molecule has 7 heteroatoms. The van der Waals surface area contributed by atoms with E-state index in [-0.39, 0.29) is 11.8 Å². The number of pyridine rings is 1. The van der Waals surface area contributed by atoms with Crippen LogP contribution in [0.3, 0.4) is 0 Å². The standard InChI is InChI=1S/C18H20N4O3/c23-17(14-4-6-19-7-5-14)22-15-3-1-2-13(10-15)11-21-18(24)16-12-20-8-9-25-16/h1-7,10,16,20H,8-9,11-12H2,(H,21,24)(H,22,23). The molecule has 1 atom stereocenters. The molecule has 1 aliphatic heterocycles. The number of carbonyl (C=O) groups is 2. The summed E-state index contributed by atoms with van der Waals surface area (Å²) in [6.07, 6.45) is 2.69. The Hall–Kier alpha value is -2.77. The monoisotopic (exact) mass is 340 g/mol. The van der Waals surface area contributed by atoms with E-state index in [1.54, 1.807) is 30.6 Å². The van der Waals surface area contributed by atoms with Crippen molar-refractivity contribution in [2.75, 3.05) is 25.0 Å². The molecule has 1 unspecified atom stereocenters. The average molecular weight is 340 g/mol. The van der Waals surface area contributed by atoms with Crippen molar-refractivity contribution in [1.82, 2.24) is 15.6 Å². The van der Waals surface area contributed by atoms with Gasteiger partial charge in [0.1, 0.15) is 6.10 Å². The zero-order valence-corrected chi connectivity index (χ0v) is 13.7. The van der Waals surface area contributed by atoms with Crippen LogP contribution in [0.2, 0.25) is 0 Å². The molecule has 0 aliphatic carbocycles. The number of ether oxygens (including phenoxy) is 1. The van der Waals surface area contributed by atoms with Gasteiger partial charge in [0.2, 0.25) is 0 Å². The van der Waals surface area contributed by atoms with Crippen molar-refractivity contribution in [3.05, 3.63) is 59.9 Å². The van der Waals surface area contributed by atoms with Crippen LogP contribution in [0.4, 0.5) is 5.69 Å². The summed E-state index contributed by atoms with van der Waals surface area (Å²) in [5.74, 6) is -0.344. The molecule has 0 bridgehead atoms. The fourth-order valence-corrected chi connectivity index (χ4v) is 2.50. The van der Waals surface area contributed by atoms with Gasteiger partial charge in [0.05, 0.1) is 6.61 Å². The van der Waals surface area contributed by atoms with Gasteiger partial charge >= 0.3 is 0 Å². The lowest BCUT2D eigenvalue weighted by Gasteiger charge is -2.22. The van der Waals surface area contributed by atoms with Crippen LogP contribution in [-0.4, -0.2) is 42.6 Å². The number of morpholine rings is 1. The predicted molar refractivity (Wildman–Crippen MR) is 93.1 cm³/mol. The third-order valence-corrected chi connectivity index (χ3v) is 3.81. The Kier molecular flexibility index (Phi) is 5.71. The van der Waals surface area contributed by atoms with Gasteiger partial charge in [0, 0.05) is 43.3 Å². The average Bonchev–Trinajstić information content (AvgIpc) is 2.68. The maximum absolute atomic E-state index is 12.2. The zero-order valence-electron chi connectivity index (χ0n) is 13.7. The van der Waals surface area contributed by atoms with Crippen molar-refractivity contribution < 1.29 is 14.3 Å². The van der Waals surface area contributed by atoms with Gasteiger partial charge in [-0.3, -0.25) is 14.6 Å². The van der Waals surface area contributed by atoms with Gasteiger partial charge in [0.25, 0.3) is 11.8 Å². The molecule has 1 saturated heterocycles. The Morgan fingerprint density at radius 1 is 1.24 bits per heavy atom. The molecule has 2 heterocycles. The first-order valence-corrected chi connectivity index (χ1v) is 8.13. The summed E-state index contributed by atoms with van der Waals surface area (Å²) in [5.41, 5.74) is 2.10. The normalized spacial score (nSPS) is 16.9. The molecule has 1 aromatic carbocycles. The lowest BCUT2D eigenvalue weighted by molar-refractivity contribution is -0.134. The van der Waals surface area contributed by atoms with Crippen molar-refractivity contribution >= 4 is 17.5 Å². The number of hydrogen-bond donors (Lipinski definition) is 3. The summed E-state index contributed by atoms with van der Waals surface area (Å²) in [6.45, 7) is 2.20. The summed E-state index contributed by atoms with van der Waals surface area (Å²) in [7, 11) is 0. The van der Waals surface area contributed by atoms with Crippen LogP contribution in [0, 0.1) is 0 Å². The van der Waals surface area contributed by atoms with E-state index in [1.165, 1.54) is 0 Å². The number of nitrogens with zero attached hydrogens (tertiary/aromatic N) is 1. The Morgan fingerprint density at radius 3 is 2.84 bits per heavy atom. The number of anilines is 1. The molecular formula is C18H20N4O3. The Bertz CT molecular complexity index is 730. The highest BCUT2D eigenvalue weighted by Crippen LogP contribution is 2.12. The van der Waals surface area contributed by atoms with Crippen LogP contribution in [0.1, 0.15) is 15.9 Å². The molecule has 3 N–H and O–H groups in total. The van der Waals surface area contributed by atoms with Gasteiger partial charge in [-0.1, -0.05) is 12.1 Å². The van der Waals surface area contributed by atoms with Crippen molar-refractivity contribution in [3.63, 3.8) is 0 Å². The first-order valence-electron chi connectivity index (χ1n) is 8.13. The van der Waals surface area contributed by atoms with E-state index >= 15 is 0 Å².